The molecule has 1 aliphatic heterocycles. The van der Waals surface area contributed by atoms with Crippen LogP contribution in [0.4, 0.5) is 0 Å². The van der Waals surface area contributed by atoms with E-state index >= 15 is 0 Å². The molecule has 12 heavy (non-hydrogen) atoms. The molecule has 0 aromatic carbocycles. The van der Waals surface area contributed by atoms with Crippen molar-refractivity contribution >= 4 is 12.3 Å². The second-order valence-electron chi connectivity index (χ2n) is 2.75. The molecule has 0 aliphatic carbocycles. The van der Waals surface area contributed by atoms with Crippen molar-refractivity contribution in [3.8, 4) is 0 Å². The van der Waals surface area contributed by atoms with Gasteiger partial charge in [0.15, 0.2) is 0 Å². The second kappa shape index (κ2) is 6.09. The zero-order valence-corrected chi connectivity index (χ0v) is 10.6. The Morgan fingerprint density at radius 2 is 2.33 bits per heavy atom. The Balaban J connectivity index is 0.00000121. The summed E-state index contributed by atoms with van der Waals surface area (Å²) in [5.74, 6) is 0.0870. The largest absolute Gasteiger partial charge is 1.00 e. The third-order valence-corrected chi connectivity index (χ3v) is 1.92. The predicted molar refractivity (Wildman–Crippen MR) is 39.5 cm³/mol. The molecular formula is C7H11KN2O2. The summed E-state index contributed by atoms with van der Waals surface area (Å²) in [4.78, 5) is 22.6. The Morgan fingerprint density at radius 3 is 2.83 bits per heavy atom. The van der Waals surface area contributed by atoms with Crippen molar-refractivity contribution in [3.05, 3.63) is 0 Å². The van der Waals surface area contributed by atoms with Gasteiger partial charge in [0.1, 0.15) is 0 Å². The van der Waals surface area contributed by atoms with Gasteiger partial charge in [-0.2, -0.15) is 6.41 Å². The molecule has 0 spiro atoms. The molecular weight excluding hydrogens is 183 g/mol. The van der Waals surface area contributed by atoms with Gasteiger partial charge in [-0.1, -0.05) is 0 Å². The van der Waals surface area contributed by atoms with Crippen LogP contribution in [0.2, 0.25) is 0 Å². The zero-order valence-electron chi connectivity index (χ0n) is 7.46. The van der Waals surface area contributed by atoms with Crippen molar-refractivity contribution in [2.45, 2.75) is 18.9 Å². The SMILES string of the molecule is CN1CCC(N[C-]=O)CC1=O.[K+]. The van der Waals surface area contributed by atoms with Crippen molar-refractivity contribution in [1.82, 2.24) is 10.2 Å². The molecule has 1 aliphatic rings. The Labute approximate surface area is 114 Å². The minimum atomic E-state index is -0.00352. The van der Waals surface area contributed by atoms with E-state index in [4.69, 9.17) is 0 Å². The fourth-order valence-corrected chi connectivity index (χ4v) is 1.15. The molecule has 1 N–H and O–H groups in total. The first-order chi connectivity index (χ1) is 5.24. The van der Waals surface area contributed by atoms with Crippen LogP contribution in [0.1, 0.15) is 12.8 Å². The topological polar surface area (TPSA) is 49.4 Å². The van der Waals surface area contributed by atoms with Crippen LogP contribution in [0.25, 0.3) is 0 Å². The average molecular weight is 194 g/mol. The summed E-state index contributed by atoms with van der Waals surface area (Å²) in [6, 6.07) is -0.00352. The van der Waals surface area contributed by atoms with E-state index in [0.717, 1.165) is 13.0 Å². The molecule has 1 atom stereocenters. The minimum absolute atomic E-state index is 0. The average Bonchev–Trinajstić information content (AvgIpc) is 1.98. The number of nitrogens with one attached hydrogen (secondary N) is 1. The molecule has 4 nitrogen and oxygen atoms in total. The minimum Gasteiger partial charge on any atom is -0.527 e. The molecule has 1 saturated heterocycles. The van der Waals surface area contributed by atoms with Crippen LogP contribution in [0.15, 0.2) is 0 Å². The van der Waals surface area contributed by atoms with E-state index in [0.29, 0.717) is 6.42 Å². The maximum Gasteiger partial charge on any atom is 1.00 e. The molecule has 0 radical (unpaired) electrons. The Morgan fingerprint density at radius 1 is 1.67 bits per heavy atom. The van der Waals surface area contributed by atoms with Crippen LogP contribution in [-0.4, -0.2) is 36.9 Å². The first kappa shape index (κ1) is 12.6. The molecule has 0 aromatic heterocycles. The van der Waals surface area contributed by atoms with E-state index in [1.165, 1.54) is 0 Å². The van der Waals surface area contributed by atoms with Gasteiger partial charge < -0.3 is 15.0 Å². The van der Waals surface area contributed by atoms with Gasteiger partial charge in [-0.15, -0.1) is 0 Å². The Bertz CT molecular complexity index is 175. The standard InChI is InChI=1S/C7H11N2O2.K/c1-9-3-2-6(8-5-10)4-7(9)11;/h6H,2-4H2,1H3,(H,8,10);/q-1;+1. The monoisotopic (exact) mass is 194 g/mol. The second-order valence-corrected chi connectivity index (χ2v) is 2.75. The van der Waals surface area contributed by atoms with Crippen LogP contribution < -0.4 is 56.7 Å². The van der Waals surface area contributed by atoms with E-state index in [1.54, 1.807) is 18.4 Å². The smallest absolute Gasteiger partial charge is 0.527 e. The molecule has 1 rings (SSSR count). The first-order valence-electron chi connectivity index (χ1n) is 3.60. The molecule has 2 amide bonds. The third kappa shape index (κ3) is 3.53. The van der Waals surface area contributed by atoms with E-state index in [2.05, 4.69) is 5.32 Å². The number of piperidine rings is 1. The van der Waals surface area contributed by atoms with Crippen molar-refractivity contribution in [1.29, 1.82) is 0 Å². The van der Waals surface area contributed by atoms with Crippen LogP contribution in [0, 0.1) is 0 Å². The van der Waals surface area contributed by atoms with E-state index in [9.17, 15) is 9.59 Å². The zero-order chi connectivity index (χ0) is 8.27. The van der Waals surface area contributed by atoms with Crippen LogP contribution in [0.3, 0.4) is 0 Å². The van der Waals surface area contributed by atoms with Crippen molar-refractivity contribution in [2.75, 3.05) is 13.6 Å². The van der Waals surface area contributed by atoms with E-state index < -0.39 is 0 Å². The summed E-state index contributed by atoms with van der Waals surface area (Å²) in [6.07, 6.45) is 2.84. The van der Waals surface area contributed by atoms with Gasteiger partial charge in [0.25, 0.3) is 0 Å². The summed E-state index contributed by atoms with van der Waals surface area (Å²) >= 11 is 0. The van der Waals surface area contributed by atoms with Gasteiger partial charge >= 0.3 is 51.4 Å². The van der Waals surface area contributed by atoms with Crippen LogP contribution >= 0.6 is 0 Å². The number of carbonyl (C=O) groups is 1. The first-order valence-corrected chi connectivity index (χ1v) is 3.60. The fraction of sp³-hybridized carbons (Fsp3) is 0.714. The molecule has 1 fully saturated rings. The quantitative estimate of drug-likeness (QED) is 0.279. The van der Waals surface area contributed by atoms with Gasteiger partial charge in [0, 0.05) is 26.1 Å². The number of likely N-dealkylation sites (tertiary alicyclic amines) is 1. The number of amides is 2. The summed E-state index contributed by atoms with van der Waals surface area (Å²) < 4.78 is 0. The number of nitrogens with zero attached hydrogens (tertiary/aromatic N) is 1. The summed E-state index contributed by atoms with van der Waals surface area (Å²) in [5, 5.41) is 2.48. The van der Waals surface area contributed by atoms with E-state index in [-0.39, 0.29) is 63.3 Å². The van der Waals surface area contributed by atoms with Gasteiger partial charge in [0.05, 0.1) is 0 Å². The van der Waals surface area contributed by atoms with Crippen molar-refractivity contribution in [3.63, 3.8) is 0 Å². The maximum atomic E-state index is 11.0. The van der Waals surface area contributed by atoms with Crippen LogP contribution in [0.5, 0.6) is 0 Å². The Hall–Kier alpha value is 0.576. The molecule has 1 heterocycles. The maximum absolute atomic E-state index is 11.0. The Kier molecular flexibility index (Phi) is 6.39. The van der Waals surface area contributed by atoms with Gasteiger partial charge in [-0.05, 0) is 6.42 Å². The molecule has 0 aromatic rings. The summed E-state index contributed by atoms with van der Waals surface area (Å²) in [7, 11) is 1.77. The number of hydrogen-bond acceptors (Lipinski definition) is 2. The van der Waals surface area contributed by atoms with E-state index in [1.807, 2.05) is 0 Å². The van der Waals surface area contributed by atoms with Crippen molar-refractivity contribution < 1.29 is 61.0 Å². The molecule has 0 saturated carbocycles. The predicted octanol–water partition coefficient (Wildman–Crippen LogP) is -3.73. The van der Waals surface area contributed by atoms with Gasteiger partial charge in [0.2, 0.25) is 5.91 Å². The van der Waals surface area contributed by atoms with Crippen LogP contribution in [-0.2, 0) is 9.59 Å². The number of carbonyl (C=O) groups excluding carboxylic acids is 2. The molecule has 1 unspecified atom stereocenters. The molecule has 5 heteroatoms. The molecule has 0 bridgehead atoms. The summed E-state index contributed by atoms with van der Waals surface area (Å²) in [5.41, 5.74) is 0. The van der Waals surface area contributed by atoms with Crippen molar-refractivity contribution in [2.24, 2.45) is 0 Å². The number of hydrogen-bond donors (Lipinski definition) is 1. The van der Waals surface area contributed by atoms with Gasteiger partial charge in [-0.3, -0.25) is 4.79 Å². The normalized spacial score (nSPS) is 22.9. The number of rotatable bonds is 2. The molecule has 62 valence electrons. The van der Waals surface area contributed by atoms with Gasteiger partial charge in [-0.25, -0.2) is 0 Å². The summed E-state index contributed by atoms with van der Waals surface area (Å²) in [6.45, 7) is 0.720. The third-order valence-electron chi connectivity index (χ3n) is 1.92. The fourth-order valence-electron chi connectivity index (χ4n) is 1.15.